The number of carbonyl (C=O) groups excluding carboxylic acids is 1. The van der Waals surface area contributed by atoms with Crippen LogP contribution in [0.3, 0.4) is 0 Å². The average molecular weight is 301 g/mol. The quantitative estimate of drug-likeness (QED) is 0.737. The molecule has 0 aliphatic carbocycles. The van der Waals surface area contributed by atoms with Gasteiger partial charge in [-0.3, -0.25) is 9.48 Å². The molecule has 108 valence electrons. The van der Waals surface area contributed by atoms with Crippen molar-refractivity contribution < 1.29 is 4.79 Å². The number of para-hydroxylation sites is 1. The van der Waals surface area contributed by atoms with Crippen molar-refractivity contribution >= 4 is 27.5 Å². The van der Waals surface area contributed by atoms with Crippen molar-refractivity contribution in [2.45, 2.75) is 19.4 Å². The van der Waals surface area contributed by atoms with Crippen molar-refractivity contribution in [3.63, 3.8) is 0 Å². The Morgan fingerprint density at radius 2 is 2.24 bits per heavy atom. The van der Waals surface area contributed by atoms with E-state index in [1.807, 2.05) is 35.9 Å². The first-order chi connectivity index (χ1) is 10.2. The Morgan fingerprint density at radius 3 is 3.00 bits per heavy atom. The van der Waals surface area contributed by atoms with Gasteiger partial charge in [0, 0.05) is 20.0 Å². The summed E-state index contributed by atoms with van der Waals surface area (Å²) in [7, 11) is 1.93. The predicted octanol–water partition coefficient (Wildman–Crippen LogP) is 1.74. The van der Waals surface area contributed by atoms with Crippen LogP contribution < -0.4 is 4.80 Å². The summed E-state index contributed by atoms with van der Waals surface area (Å²) in [6, 6.07) is 8.04. The Hall–Kier alpha value is -2.28. The predicted molar refractivity (Wildman–Crippen MR) is 80.6 cm³/mol. The van der Waals surface area contributed by atoms with E-state index in [2.05, 4.69) is 15.1 Å². The Kier molecular flexibility index (Phi) is 3.92. The molecule has 2 heterocycles. The van der Waals surface area contributed by atoms with Gasteiger partial charge >= 0.3 is 0 Å². The zero-order chi connectivity index (χ0) is 14.7. The molecule has 0 saturated carbocycles. The summed E-state index contributed by atoms with van der Waals surface area (Å²) >= 11 is 1.53. The van der Waals surface area contributed by atoms with Crippen LogP contribution in [0.15, 0.2) is 41.9 Å². The highest BCUT2D eigenvalue weighted by Gasteiger charge is 2.04. The molecular formula is C14H15N5OS. The Balaban J connectivity index is 1.71. The van der Waals surface area contributed by atoms with E-state index in [0.717, 1.165) is 15.0 Å². The van der Waals surface area contributed by atoms with Crippen molar-refractivity contribution in [1.82, 2.24) is 19.3 Å². The van der Waals surface area contributed by atoms with Crippen molar-refractivity contribution in [3.05, 3.63) is 41.7 Å². The largest absolute Gasteiger partial charge is 0.319 e. The number of hydrogen-bond donors (Lipinski definition) is 0. The highest BCUT2D eigenvalue weighted by molar-refractivity contribution is 7.16. The van der Waals surface area contributed by atoms with E-state index in [-0.39, 0.29) is 5.91 Å². The third-order valence-electron chi connectivity index (χ3n) is 3.18. The van der Waals surface area contributed by atoms with Gasteiger partial charge in [-0.1, -0.05) is 23.5 Å². The summed E-state index contributed by atoms with van der Waals surface area (Å²) in [6.07, 6.45) is 4.26. The van der Waals surface area contributed by atoms with Crippen LogP contribution in [-0.2, 0) is 18.4 Å². The summed E-state index contributed by atoms with van der Waals surface area (Å²) in [6.45, 7) is 0.680. The van der Waals surface area contributed by atoms with E-state index in [1.54, 1.807) is 11.0 Å². The van der Waals surface area contributed by atoms with Gasteiger partial charge in [-0.25, -0.2) is 4.98 Å². The van der Waals surface area contributed by atoms with E-state index in [4.69, 9.17) is 0 Å². The first-order valence-corrected chi connectivity index (χ1v) is 7.50. The number of aromatic nitrogens is 4. The summed E-state index contributed by atoms with van der Waals surface area (Å²) in [5, 5.41) is 4.00. The third kappa shape index (κ3) is 3.08. The van der Waals surface area contributed by atoms with Crippen LogP contribution in [0.1, 0.15) is 12.8 Å². The van der Waals surface area contributed by atoms with Gasteiger partial charge in [0.25, 0.3) is 0 Å². The van der Waals surface area contributed by atoms with Gasteiger partial charge in [0.15, 0.2) is 4.80 Å². The van der Waals surface area contributed by atoms with E-state index >= 15 is 0 Å². The molecule has 0 N–H and O–H groups in total. The topological polar surface area (TPSA) is 65.1 Å². The van der Waals surface area contributed by atoms with Crippen LogP contribution in [0.2, 0.25) is 0 Å². The number of fused-ring (bicyclic) bond motifs is 1. The minimum atomic E-state index is -0.0997. The summed E-state index contributed by atoms with van der Waals surface area (Å²) in [5.74, 6) is -0.0997. The molecule has 21 heavy (non-hydrogen) atoms. The van der Waals surface area contributed by atoms with Gasteiger partial charge in [-0.2, -0.15) is 10.1 Å². The van der Waals surface area contributed by atoms with Crippen LogP contribution >= 0.6 is 11.3 Å². The second-order valence-corrected chi connectivity index (χ2v) is 5.69. The summed E-state index contributed by atoms with van der Waals surface area (Å²) in [5.41, 5.74) is 1.09. The number of benzene rings is 1. The lowest BCUT2D eigenvalue weighted by Gasteiger charge is -1.98. The lowest BCUT2D eigenvalue weighted by Crippen LogP contribution is -2.13. The third-order valence-corrected chi connectivity index (χ3v) is 4.29. The maximum Gasteiger partial charge on any atom is 0.248 e. The van der Waals surface area contributed by atoms with Crippen molar-refractivity contribution in [3.8, 4) is 0 Å². The number of nitrogens with zero attached hydrogens (tertiary/aromatic N) is 5. The Bertz CT molecular complexity index is 815. The van der Waals surface area contributed by atoms with E-state index in [1.165, 1.54) is 17.7 Å². The summed E-state index contributed by atoms with van der Waals surface area (Å²) < 4.78 is 4.80. The molecule has 3 rings (SSSR count). The lowest BCUT2D eigenvalue weighted by atomic mass is 10.3. The van der Waals surface area contributed by atoms with E-state index in [0.29, 0.717) is 19.4 Å². The molecule has 0 aliphatic rings. The number of thiazole rings is 1. The second-order valence-electron chi connectivity index (χ2n) is 4.68. The average Bonchev–Trinajstić information content (AvgIpc) is 3.09. The molecule has 0 unspecified atom stereocenters. The Labute approximate surface area is 125 Å². The molecule has 2 aromatic heterocycles. The smallest absolute Gasteiger partial charge is 0.248 e. The van der Waals surface area contributed by atoms with Crippen molar-refractivity contribution in [2.24, 2.45) is 12.0 Å². The van der Waals surface area contributed by atoms with Gasteiger partial charge in [0.1, 0.15) is 12.7 Å². The highest BCUT2D eigenvalue weighted by atomic mass is 32.1. The zero-order valence-corrected chi connectivity index (χ0v) is 12.5. The zero-order valence-electron chi connectivity index (χ0n) is 11.6. The molecule has 6 nitrogen and oxygen atoms in total. The fourth-order valence-corrected chi connectivity index (χ4v) is 3.13. The van der Waals surface area contributed by atoms with Crippen LogP contribution in [0, 0.1) is 0 Å². The van der Waals surface area contributed by atoms with Crippen LogP contribution in [-0.4, -0.2) is 25.2 Å². The molecule has 0 bridgehead atoms. The monoisotopic (exact) mass is 301 g/mol. The van der Waals surface area contributed by atoms with Crippen LogP contribution in [0.25, 0.3) is 10.2 Å². The van der Waals surface area contributed by atoms with Gasteiger partial charge in [-0.05, 0) is 18.6 Å². The number of hydrogen-bond acceptors (Lipinski definition) is 4. The fraction of sp³-hybridized carbons (Fsp3) is 0.286. The van der Waals surface area contributed by atoms with E-state index in [9.17, 15) is 4.79 Å². The number of carbonyl (C=O) groups is 1. The normalized spacial score (nSPS) is 12.1. The van der Waals surface area contributed by atoms with Gasteiger partial charge in [0.05, 0.1) is 10.2 Å². The van der Waals surface area contributed by atoms with Crippen LogP contribution in [0.4, 0.5) is 0 Å². The molecule has 3 aromatic rings. The van der Waals surface area contributed by atoms with Crippen molar-refractivity contribution in [1.29, 1.82) is 0 Å². The standard InChI is InChI=1S/C14H15N5OS/c1-18-11-5-2-3-6-12(11)21-14(18)17-13(20)7-4-8-19-10-15-9-16-19/h2-3,5-6,9-10H,4,7-8H2,1H3. The van der Waals surface area contributed by atoms with Crippen LogP contribution in [0.5, 0.6) is 0 Å². The minimum absolute atomic E-state index is 0.0997. The molecule has 0 saturated heterocycles. The second kappa shape index (κ2) is 6.01. The minimum Gasteiger partial charge on any atom is -0.319 e. The van der Waals surface area contributed by atoms with Gasteiger partial charge < -0.3 is 4.57 Å². The number of aryl methyl sites for hydroxylation is 2. The molecule has 1 amide bonds. The van der Waals surface area contributed by atoms with E-state index < -0.39 is 0 Å². The Morgan fingerprint density at radius 1 is 1.38 bits per heavy atom. The fourth-order valence-electron chi connectivity index (χ4n) is 2.09. The maximum absolute atomic E-state index is 12.0. The molecule has 0 fully saturated rings. The van der Waals surface area contributed by atoms with Gasteiger partial charge in [0.2, 0.25) is 5.91 Å². The molecule has 1 aromatic carbocycles. The summed E-state index contributed by atoms with van der Waals surface area (Å²) in [4.78, 5) is 20.8. The SMILES string of the molecule is Cn1c(=NC(=O)CCCn2cncn2)sc2ccccc21. The highest BCUT2D eigenvalue weighted by Crippen LogP contribution is 2.15. The first kappa shape index (κ1) is 13.7. The molecule has 0 spiro atoms. The molecular weight excluding hydrogens is 286 g/mol. The molecule has 0 radical (unpaired) electrons. The number of rotatable bonds is 4. The van der Waals surface area contributed by atoms with Crippen molar-refractivity contribution in [2.75, 3.05) is 0 Å². The lowest BCUT2D eigenvalue weighted by molar-refractivity contribution is -0.118. The molecule has 0 atom stereocenters. The van der Waals surface area contributed by atoms with Gasteiger partial charge in [-0.15, -0.1) is 0 Å². The number of amides is 1. The molecule has 7 heteroatoms. The molecule has 0 aliphatic heterocycles. The maximum atomic E-state index is 12.0. The first-order valence-electron chi connectivity index (χ1n) is 6.68.